The van der Waals surface area contributed by atoms with Gasteiger partial charge in [0.25, 0.3) is 5.91 Å². The molecule has 0 atom stereocenters. The molecular formula is C15H19N3O3. The number of pyridine rings is 1. The number of carbonyl (C=O) groups excluding carboxylic acids is 1. The van der Waals surface area contributed by atoms with Crippen molar-refractivity contribution in [3.8, 4) is 5.88 Å². The number of hydrogen-bond donors (Lipinski definition) is 1. The second kappa shape index (κ2) is 5.95. The van der Waals surface area contributed by atoms with E-state index in [1.165, 1.54) is 0 Å². The zero-order valence-electron chi connectivity index (χ0n) is 12.9. The second-order valence-electron chi connectivity index (χ2n) is 4.95. The summed E-state index contributed by atoms with van der Waals surface area (Å²) in [6.07, 6.45) is 0. The molecule has 0 spiro atoms. The van der Waals surface area contributed by atoms with Crippen LogP contribution in [0.15, 0.2) is 10.6 Å². The molecule has 0 saturated carbocycles. The van der Waals surface area contributed by atoms with Crippen LogP contribution in [0, 0.1) is 27.7 Å². The first kappa shape index (κ1) is 15.0. The van der Waals surface area contributed by atoms with E-state index in [1.54, 1.807) is 21.0 Å². The van der Waals surface area contributed by atoms with Crippen molar-refractivity contribution in [2.75, 3.05) is 7.11 Å². The Balaban J connectivity index is 2.19. The van der Waals surface area contributed by atoms with Gasteiger partial charge in [-0.25, -0.2) is 4.98 Å². The Hall–Kier alpha value is -2.37. The van der Waals surface area contributed by atoms with E-state index < -0.39 is 0 Å². The van der Waals surface area contributed by atoms with E-state index in [0.717, 1.165) is 16.8 Å². The number of ether oxygens (including phenoxy) is 1. The molecule has 0 aliphatic carbocycles. The van der Waals surface area contributed by atoms with Gasteiger partial charge in [0.2, 0.25) is 5.88 Å². The van der Waals surface area contributed by atoms with Gasteiger partial charge < -0.3 is 14.6 Å². The molecule has 0 aromatic carbocycles. The molecule has 2 heterocycles. The third-order valence-electron chi connectivity index (χ3n) is 3.32. The van der Waals surface area contributed by atoms with Crippen LogP contribution >= 0.6 is 0 Å². The number of aromatic nitrogens is 2. The number of methoxy groups -OCH3 is 1. The lowest BCUT2D eigenvalue weighted by Gasteiger charge is -2.12. The van der Waals surface area contributed by atoms with Gasteiger partial charge in [-0.1, -0.05) is 5.16 Å². The van der Waals surface area contributed by atoms with E-state index in [9.17, 15) is 4.79 Å². The molecule has 0 fully saturated rings. The number of rotatable bonds is 4. The van der Waals surface area contributed by atoms with Crippen molar-refractivity contribution in [1.29, 1.82) is 0 Å². The lowest BCUT2D eigenvalue weighted by molar-refractivity contribution is 0.0948. The van der Waals surface area contributed by atoms with Crippen LogP contribution in [0.5, 0.6) is 5.88 Å². The number of aryl methyl sites for hydroxylation is 4. The highest BCUT2D eigenvalue weighted by Crippen LogP contribution is 2.21. The van der Waals surface area contributed by atoms with Crippen LogP contribution in [0.1, 0.15) is 38.6 Å². The fraction of sp³-hybridized carbons (Fsp3) is 0.400. The van der Waals surface area contributed by atoms with E-state index in [2.05, 4.69) is 15.5 Å². The van der Waals surface area contributed by atoms with Crippen LogP contribution in [0.25, 0.3) is 0 Å². The summed E-state index contributed by atoms with van der Waals surface area (Å²) in [5.41, 5.74) is 3.83. The van der Waals surface area contributed by atoms with Crippen molar-refractivity contribution in [3.05, 3.63) is 39.9 Å². The highest BCUT2D eigenvalue weighted by Gasteiger charge is 2.18. The molecule has 6 nitrogen and oxygen atoms in total. The maximum absolute atomic E-state index is 12.2. The van der Waals surface area contributed by atoms with E-state index in [4.69, 9.17) is 9.26 Å². The van der Waals surface area contributed by atoms with Crippen LogP contribution in [0.4, 0.5) is 0 Å². The average molecular weight is 289 g/mol. The summed E-state index contributed by atoms with van der Waals surface area (Å²) in [5.74, 6) is 0.829. The summed E-state index contributed by atoms with van der Waals surface area (Å²) < 4.78 is 10.3. The fourth-order valence-corrected chi connectivity index (χ4v) is 2.28. The van der Waals surface area contributed by atoms with E-state index in [1.807, 2.05) is 19.9 Å². The van der Waals surface area contributed by atoms with Gasteiger partial charge in [0.05, 0.1) is 12.8 Å². The smallest absolute Gasteiger partial charge is 0.257 e. The summed E-state index contributed by atoms with van der Waals surface area (Å²) in [4.78, 5) is 16.6. The lowest BCUT2D eigenvalue weighted by Crippen LogP contribution is -2.24. The van der Waals surface area contributed by atoms with E-state index in [-0.39, 0.29) is 5.91 Å². The average Bonchev–Trinajstić information content (AvgIpc) is 2.76. The SMILES string of the molecule is COc1nc(C)cc(C)c1CNC(=O)c1c(C)noc1C. The maximum atomic E-state index is 12.2. The quantitative estimate of drug-likeness (QED) is 0.934. The van der Waals surface area contributed by atoms with Crippen molar-refractivity contribution in [3.63, 3.8) is 0 Å². The normalized spacial score (nSPS) is 10.5. The van der Waals surface area contributed by atoms with Crippen LogP contribution < -0.4 is 10.1 Å². The predicted molar refractivity (Wildman–Crippen MR) is 77.4 cm³/mol. The predicted octanol–water partition coefficient (Wildman–Crippen LogP) is 2.24. The molecule has 0 saturated heterocycles. The molecule has 0 aliphatic rings. The minimum Gasteiger partial charge on any atom is -0.481 e. The third-order valence-corrected chi connectivity index (χ3v) is 3.32. The van der Waals surface area contributed by atoms with Crippen LogP contribution in [0.3, 0.4) is 0 Å². The third kappa shape index (κ3) is 3.04. The van der Waals surface area contributed by atoms with Crippen molar-refractivity contribution < 1.29 is 14.1 Å². The number of hydrogen-bond acceptors (Lipinski definition) is 5. The molecule has 112 valence electrons. The highest BCUT2D eigenvalue weighted by molar-refractivity contribution is 5.96. The molecule has 1 amide bonds. The maximum Gasteiger partial charge on any atom is 0.257 e. The summed E-state index contributed by atoms with van der Waals surface area (Å²) >= 11 is 0. The molecular weight excluding hydrogens is 270 g/mol. The molecule has 2 rings (SSSR count). The van der Waals surface area contributed by atoms with Crippen LogP contribution in [-0.2, 0) is 6.54 Å². The minimum absolute atomic E-state index is 0.215. The Morgan fingerprint density at radius 2 is 2.05 bits per heavy atom. The first-order chi connectivity index (χ1) is 9.93. The van der Waals surface area contributed by atoms with Gasteiger partial charge in [-0.05, 0) is 39.3 Å². The highest BCUT2D eigenvalue weighted by atomic mass is 16.5. The number of nitrogens with one attached hydrogen (secondary N) is 1. The first-order valence-corrected chi connectivity index (χ1v) is 6.66. The summed E-state index contributed by atoms with van der Waals surface area (Å²) in [6.45, 7) is 7.67. The number of carbonyl (C=O) groups is 1. The Morgan fingerprint density at radius 3 is 2.62 bits per heavy atom. The van der Waals surface area contributed by atoms with Gasteiger partial charge >= 0.3 is 0 Å². The Morgan fingerprint density at radius 1 is 1.33 bits per heavy atom. The molecule has 21 heavy (non-hydrogen) atoms. The van der Waals surface area contributed by atoms with Gasteiger partial charge in [0.1, 0.15) is 11.3 Å². The molecule has 1 N–H and O–H groups in total. The molecule has 0 unspecified atom stereocenters. The second-order valence-corrected chi connectivity index (χ2v) is 4.95. The first-order valence-electron chi connectivity index (χ1n) is 6.66. The largest absolute Gasteiger partial charge is 0.481 e. The van der Waals surface area contributed by atoms with Crippen molar-refractivity contribution in [2.45, 2.75) is 34.2 Å². The monoisotopic (exact) mass is 289 g/mol. The van der Waals surface area contributed by atoms with Gasteiger partial charge in [0.15, 0.2) is 0 Å². The molecule has 6 heteroatoms. The van der Waals surface area contributed by atoms with Gasteiger partial charge in [-0.3, -0.25) is 4.79 Å². The van der Waals surface area contributed by atoms with Crippen molar-refractivity contribution in [2.24, 2.45) is 0 Å². The number of amides is 1. The topological polar surface area (TPSA) is 77.2 Å². The van der Waals surface area contributed by atoms with Crippen LogP contribution in [0.2, 0.25) is 0 Å². The number of nitrogens with zero attached hydrogens (tertiary/aromatic N) is 2. The Kier molecular flexibility index (Phi) is 4.26. The minimum atomic E-state index is -0.215. The molecule has 0 radical (unpaired) electrons. The molecule has 2 aromatic heterocycles. The van der Waals surface area contributed by atoms with E-state index >= 15 is 0 Å². The fourth-order valence-electron chi connectivity index (χ4n) is 2.28. The zero-order chi connectivity index (χ0) is 15.6. The van der Waals surface area contributed by atoms with Gasteiger partial charge in [0, 0.05) is 17.8 Å². The standard InChI is InChI=1S/C15H19N3O3/c1-8-6-9(2)17-15(20-5)12(8)7-16-14(19)13-10(3)18-21-11(13)4/h6H,7H2,1-5H3,(H,16,19). The van der Waals surface area contributed by atoms with Gasteiger partial charge in [-0.15, -0.1) is 0 Å². The Labute approximate surface area is 123 Å². The van der Waals surface area contributed by atoms with E-state index in [0.29, 0.717) is 29.4 Å². The molecule has 0 aliphatic heterocycles. The van der Waals surface area contributed by atoms with Crippen molar-refractivity contribution >= 4 is 5.91 Å². The van der Waals surface area contributed by atoms with Gasteiger partial charge in [-0.2, -0.15) is 0 Å². The summed E-state index contributed by atoms with van der Waals surface area (Å²) in [6, 6.07) is 1.96. The molecule has 2 aromatic rings. The summed E-state index contributed by atoms with van der Waals surface area (Å²) in [7, 11) is 1.57. The van der Waals surface area contributed by atoms with Crippen molar-refractivity contribution in [1.82, 2.24) is 15.5 Å². The zero-order valence-corrected chi connectivity index (χ0v) is 12.9. The lowest BCUT2D eigenvalue weighted by atomic mass is 10.1. The summed E-state index contributed by atoms with van der Waals surface area (Å²) in [5, 5.41) is 6.64. The molecule has 0 bridgehead atoms. The van der Waals surface area contributed by atoms with Crippen LogP contribution in [-0.4, -0.2) is 23.2 Å². The Bertz CT molecular complexity index is 658.